The third kappa shape index (κ3) is 6.10. The van der Waals surface area contributed by atoms with Crippen molar-refractivity contribution in [2.75, 3.05) is 13.9 Å². The molecule has 0 saturated carbocycles. The van der Waals surface area contributed by atoms with Crippen LogP contribution in [0, 0.1) is 0 Å². The fourth-order valence-electron chi connectivity index (χ4n) is 2.12. The molecule has 0 aliphatic heterocycles. The smallest absolute Gasteiger partial charge is 0.414 e. The summed E-state index contributed by atoms with van der Waals surface area (Å²) in [6.07, 6.45) is 0.871. The molecule has 0 aliphatic carbocycles. The summed E-state index contributed by atoms with van der Waals surface area (Å²) in [5.74, 6) is 0. The lowest BCUT2D eigenvalue weighted by molar-refractivity contribution is -0.293. The number of benzene rings is 1. The van der Waals surface area contributed by atoms with E-state index in [0.717, 1.165) is 12.8 Å². The molecule has 0 saturated heterocycles. The Kier molecular flexibility index (Phi) is 8.75. The highest BCUT2D eigenvalue weighted by molar-refractivity contribution is 6.35. The number of quaternary nitrogens is 1. The Morgan fingerprint density at radius 2 is 2.09 bits per heavy atom. The summed E-state index contributed by atoms with van der Waals surface area (Å²) >= 11 is 12.2. The van der Waals surface area contributed by atoms with Gasteiger partial charge in [-0.25, -0.2) is 0 Å². The zero-order chi connectivity index (χ0) is 16.5. The van der Waals surface area contributed by atoms with E-state index in [-0.39, 0.29) is 6.79 Å². The van der Waals surface area contributed by atoms with E-state index >= 15 is 0 Å². The third-order valence-corrected chi connectivity index (χ3v) is 3.66. The molecule has 0 heterocycles. The molecule has 22 heavy (non-hydrogen) atoms. The van der Waals surface area contributed by atoms with Crippen LogP contribution in [0.25, 0.3) is 0 Å². The highest BCUT2D eigenvalue weighted by Gasteiger charge is 2.29. The van der Waals surface area contributed by atoms with Crippen LogP contribution in [0.4, 0.5) is 4.79 Å². The van der Waals surface area contributed by atoms with E-state index in [1.807, 2.05) is 0 Å². The summed E-state index contributed by atoms with van der Waals surface area (Å²) in [4.78, 5) is 11.3. The van der Waals surface area contributed by atoms with Gasteiger partial charge in [0.1, 0.15) is 19.0 Å². The maximum absolute atomic E-state index is 11.3. The number of unbranched alkanes of at least 4 members (excludes halogenated alkanes) is 1. The van der Waals surface area contributed by atoms with Crippen LogP contribution in [0.2, 0.25) is 10.0 Å². The predicted octanol–water partition coefficient (Wildman–Crippen LogP) is 3.59. The van der Waals surface area contributed by atoms with E-state index < -0.39 is 18.3 Å². The van der Waals surface area contributed by atoms with Crippen LogP contribution >= 0.6 is 23.2 Å². The van der Waals surface area contributed by atoms with Crippen LogP contribution in [0.3, 0.4) is 0 Å². The Morgan fingerprint density at radius 1 is 1.36 bits per heavy atom. The van der Waals surface area contributed by atoms with Gasteiger partial charge in [-0.1, -0.05) is 42.6 Å². The molecule has 0 bridgehead atoms. The number of carbonyl (C=O) groups excluding carboxylic acids is 1. The Hall–Kier alpha value is -0.850. The van der Waals surface area contributed by atoms with Gasteiger partial charge in [-0.2, -0.15) is 4.79 Å². The van der Waals surface area contributed by atoms with Crippen molar-refractivity contribution in [3.63, 3.8) is 0 Å². The number of hydrogen-bond donors (Lipinski definition) is 1. The average molecular weight is 351 g/mol. The molecule has 124 valence electrons. The molecule has 3 N–H and O–H groups in total. The van der Waals surface area contributed by atoms with Gasteiger partial charge in [-0.3, -0.25) is 5.73 Å². The van der Waals surface area contributed by atoms with Gasteiger partial charge in [0.25, 0.3) is 0 Å². The Balaban J connectivity index is 3.07. The maximum atomic E-state index is 11.3. The van der Waals surface area contributed by atoms with Crippen molar-refractivity contribution in [2.24, 2.45) is 0 Å². The molecule has 0 aromatic heterocycles. The monoisotopic (exact) mass is 350 g/mol. The molecule has 5 nitrogen and oxygen atoms in total. The van der Waals surface area contributed by atoms with Crippen molar-refractivity contribution in [1.82, 2.24) is 0 Å². The topological polar surface area (TPSA) is 72.4 Å². The molecule has 1 aromatic carbocycles. The van der Waals surface area contributed by atoms with Crippen LogP contribution in [-0.2, 0) is 14.2 Å². The highest BCUT2D eigenvalue weighted by Crippen LogP contribution is 2.33. The summed E-state index contributed by atoms with van der Waals surface area (Å²) in [6.45, 7) is 2.12. The first-order chi connectivity index (χ1) is 10.5. The quantitative estimate of drug-likeness (QED) is 0.690. The molecule has 7 heteroatoms. The molecular weight excluding hydrogens is 329 g/mol. The first-order valence-electron chi connectivity index (χ1n) is 7.07. The predicted molar refractivity (Wildman–Crippen MR) is 84.8 cm³/mol. The van der Waals surface area contributed by atoms with Crippen molar-refractivity contribution in [3.8, 4) is 0 Å². The van der Waals surface area contributed by atoms with Crippen molar-refractivity contribution in [1.29, 1.82) is 0 Å². The van der Waals surface area contributed by atoms with E-state index in [1.54, 1.807) is 18.2 Å². The van der Waals surface area contributed by atoms with Gasteiger partial charge in [-0.15, -0.1) is 0 Å². The lowest BCUT2D eigenvalue weighted by Gasteiger charge is -2.26. The molecule has 1 amide bonds. The maximum Gasteiger partial charge on any atom is 0.511 e. The average Bonchev–Trinajstić information content (AvgIpc) is 2.45. The molecule has 0 fully saturated rings. The number of hydrogen-bond acceptors (Lipinski definition) is 4. The van der Waals surface area contributed by atoms with Gasteiger partial charge >= 0.3 is 6.09 Å². The molecule has 0 radical (unpaired) electrons. The minimum atomic E-state index is -0.600. The standard InChI is InChI=1S/C15H21Cl2NO4/c1-3-4-5-13(22-15(18)19)14(21-9-20-2)11-7-6-10(16)8-12(11)17/h6-8,13-14H,3-5,9H2,1-2H3,(H2,18,19)/p+1. The van der Waals surface area contributed by atoms with Gasteiger partial charge in [0, 0.05) is 22.7 Å². The molecule has 2 atom stereocenters. The fraction of sp³-hybridized carbons (Fsp3) is 0.533. The van der Waals surface area contributed by atoms with Crippen LogP contribution in [0.1, 0.15) is 37.9 Å². The zero-order valence-corrected chi connectivity index (χ0v) is 14.3. The molecule has 0 spiro atoms. The van der Waals surface area contributed by atoms with Gasteiger partial charge in [0.05, 0.1) is 0 Å². The van der Waals surface area contributed by atoms with Crippen molar-refractivity contribution in [2.45, 2.75) is 38.4 Å². The molecule has 2 unspecified atom stereocenters. The highest BCUT2D eigenvalue weighted by atomic mass is 35.5. The summed E-state index contributed by atoms with van der Waals surface area (Å²) in [5.41, 5.74) is 3.98. The SMILES string of the molecule is CCCCC(OC([NH3+])=O)C(OCOC)c1ccc(Cl)cc1Cl. The van der Waals surface area contributed by atoms with E-state index in [1.165, 1.54) is 7.11 Å². The van der Waals surface area contributed by atoms with Crippen molar-refractivity contribution < 1.29 is 24.7 Å². The first kappa shape index (κ1) is 19.2. The first-order valence-corrected chi connectivity index (χ1v) is 7.83. The lowest BCUT2D eigenvalue weighted by atomic mass is 9.99. The number of rotatable bonds is 9. The normalized spacial score (nSPS) is 13.7. The summed E-state index contributed by atoms with van der Waals surface area (Å²) in [6, 6.07) is 5.11. The van der Waals surface area contributed by atoms with Gasteiger partial charge in [0.15, 0.2) is 0 Å². The second-order valence-electron chi connectivity index (χ2n) is 4.83. The van der Waals surface area contributed by atoms with Gasteiger partial charge < -0.3 is 14.2 Å². The van der Waals surface area contributed by atoms with Gasteiger partial charge in [-0.05, 0) is 25.0 Å². The molecule has 1 rings (SSSR count). The number of methoxy groups -OCH3 is 1. The summed E-state index contributed by atoms with van der Waals surface area (Å²) < 4.78 is 16.0. The second kappa shape index (κ2) is 10.0. The van der Waals surface area contributed by atoms with Crippen LogP contribution in [0.15, 0.2) is 18.2 Å². The molecule has 1 aromatic rings. The van der Waals surface area contributed by atoms with Gasteiger partial charge in [0.2, 0.25) is 0 Å². The van der Waals surface area contributed by atoms with Crippen molar-refractivity contribution in [3.05, 3.63) is 33.8 Å². The number of ether oxygens (including phenoxy) is 3. The number of carbonyl (C=O) groups is 1. The molecular formula is C15H22Cl2NO4+. The van der Waals surface area contributed by atoms with Crippen LogP contribution in [-0.4, -0.2) is 26.1 Å². The minimum absolute atomic E-state index is 0.0565. The number of halogens is 2. The summed E-state index contributed by atoms with van der Waals surface area (Å²) in [7, 11) is 1.52. The largest absolute Gasteiger partial charge is 0.511 e. The van der Waals surface area contributed by atoms with Crippen LogP contribution in [0.5, 0.6) is 0 Å². The Bertz CT molecular complexity index is 485. The minimum Gasteiger partial charge on any atom is -0.414 e. The fourth-order valence-corrected chi connectivity index (χ4v) is 2.63. The lowest BCUT2D eigenvalue weighted by Crippen LogP contribution is -2.58. The van der Waals surface area contributed by atoms with Crippen molar-refractivity contribution >= 4 is 29.3 Å². The van der Waals surface area contributed by atoms with E-state index in [0.29, 0.717) is 22.0 Å². The van der Waals surface area contributed by atoms with E-state index in [2.05, 4.69) is 12.7 Å². The zero-order valence-electron chi connectivity index (χ0n) is 12.8. The van der Waals surface area contributed by atoms with Crippen LogP contribution < -0.4 is 5.73 Å². The van der Waals surface area contributed by atoms with E-state index in [4.69, 9.17) is 37.4 Å². The Morgan fingerprint density at radius 3 is 2.64 bits per heavy atom. The van der Waals surface area contributed by atoms with E-state index in [9.17, 15) is 4.79 Å². The Labute approximate surface area is 140 Å². The number of amides is 1. The summed E-state index contributed by atoms with van der Waals surface area (Å²) in [5, 5.41) is 0.980. The molecule has 0 aliphatic rings. The second-order valence-corrected chi connectivity index (χ2v) is 5.67. The third-order valence-electron chi connectivity index (χ3n) is 3.10.